The fourth-order valence-corrected chi connectivity index (χ4v) is 4.74. The molecule has 2 aromatic rings. The maximum atomic E-state index is 13.3. The van der Waals surface area contributed by atoms with Crippen molar-refractivity contribution >= 4 is 28.9 Å². The van der Waals surface area contributed by atoms with E-state index in [0.717, 1.165) is 28.1 Å². The van der Waals surface area contributed by atoms with E-state index in [9.17, 15) is 4.79 Å². The van der Waals surface area contributed by atoms with Crippen LogP contribution in [0.15, 0.2) is 42.5 Å². The van der Waals surface area contributed by atoms with Crippen molar-refractivity contribution < 1.29 is 9.53 Å². The first-order chi connectivity index (χ1) is 13.2. The summed E-state index contributed by atoms with van der Waals surface area (Å²) in [5, 5.41) is 4.01. The summed E-state index contributed by atoms with van der Waals surface area (Å²) in [5.41, 5.74) is 3.16. The van der Waals surface area contributed by atoms with Crippen LogP contribution in [-0.2, 0) is 4.79 Å². The number of para-hydroxylation sites is 1. The van der Waals surface area contributed by atoms with Crippen molar-refractivity contribution in [3.05, 3.63) is 59.2 Å². The Morgan fingerprint density at radius 3 is 2.61 bits per heavy atom. The zero-order chi connectivity index (χ0) is 20.2. The van der Waals surface area contributed by atoms with E-state index in [1.165, 1.54) is 0 Å². The van der Waals surface area contributed by atoms with Crippen LogP contribution in [-0.4, -0.2) is 35.7 Å². The Morgan fingerprint density at radius 1 is 1.21 bits per heavy atom. The van der Waals surface area contributed by atoms with E-state index in [-0.39, 0.29) is 11.9 Å². The highest BCUT2D eigenvalue weighted by Crippen LogP contribution is 2.50. The fourth-order valence-electron chi connectivity index (χ4n) is 4.34. The molecule has 0 aliphatic carbocycles. The van der Waals surface area contributed by atoms with Gasteiger partial charge < -0.3 is 15.0 Å². The van der Waals surface area contributed by atoms with Gasteiger partial charge in [0, 0.05) is 25.3 Å². The molecular formula is C22H25N3O2S. The van der Waals surface area contributed by atoms with Crippen molar-refractivity contribution in [1.29, 1.82) is 0 Å². The van der Waals surface area contributed by atoms with Crippen LogP contribution in [0.3, 0.4) is 0 Å². The average Bonchev–Trinajstić information content (AvgIpc) is 2.63. The number of carbonyl (C=O) groups excluding carboxylic acids is 1. The molecule has 1 N–H and O–H groups in total. The minimum atomic E-state index is -0.942. The van der Waals surface area contributed by atoms with Crippen LogP contribution < -0.4 is 15.0 Å². The molecule has 1 amide bonds. The van der Waals surface area contributed by atoms with E-state index in [0.29, 0.717) is 5.11 Å². The molecule has 0 radical (unpaired) electrons. The maximum Gasteiger partial charge on any atom is 0.233 e. The van der Waals surface area contributed by atoms with E-state index < -0.39 is 11.6 Å². The summed E-state index contributed by atoms with van der Waals surface area (Å²) in [6.45, 7) is 6.04. The molecule has 2 aliphatic heterocycles. The van der Waals surface area contributed by atoms with Gasteiger partial charge in [-0.2, -0.15) is 0 Å². The molecule has 3 unspecified atom stereocenters. The number of hydrogen-bond donors (Lipinski definition) is 1. The summed E-state index contributed by atoms with van der Waals surface area (Å²) in [4.78, 5) is 16.9. The lowest BCUT2D eigenvalue weighted by Crippen LogP contribution is -2.72. The van der Waals surface area contributed by atoms with E-state index in [1.54, 1.807) is 19.0 Å². The smallest absolute Gasteiger partial charge is 0.233 e. The highest BCUT2D eigenvalue weighted by molar-refractivity contribution is 7.80. The first-order valence-electron chi connectivity index (χ1n) is 9.41. The summed E-state index contributed by atoms with van der Waals surface area (Å²) < 4.78 is 6.57. The molecule has 28 heavy (non-hydrogen) atoms. The molecule has 6 heteroatoms. The summed E-state index contributed by atoms with van der Waals surface area (Å²) in [6, 6.07) is 13.9. The molecule has 146 valence electrons. The molecule has 4 rings (SSSR count). The number of anilines is 1. The number of rotatable bonds is 2. The lowest BCUT2D eigenvalue weighted by Gasteiger charge is -2.56. The second-order valence-corrected chi connectivity index (χ2v) is 8.34. The number of ether oxygens (including phenoxy) is 1. The van der Waals surface area contributed by atoms with Crippen LogP contribution in [0.5, 0.6) is 5.75 Å². The molecule has 2 aliphatic rings. The normalized spacial score (nSPS) is 25.5. The Hall–Kier alpha value is -2.60. The van der Waals surface area contributed by atoms with Crippen molar-refractivity contribution in [3.8, 4) is 5.75 Å². The number of carbonyl (C=O) groups is 1. The number of fused-ring (bicyclic) bond motifs is 4. The van der Waals surface area contributed by atoms with Gasteiger partial charge in [0.25, 0.3) is 0 Å². The third-order valence-corrected chi connectivity index (χ3v) is 6.02. The number of thiocarbonyl (C=S) groups is 1. The van der Waals surface area contributed by atoms with Gasteiger partial charge in [-0.25, -0.2) is 0 Å². The quantitative estimate of drug-likeness (QED) is 0.788. The molecule has 0 saturated carbocycles. The number of aryl methyl sites for hydroxylation is 2. The van der Waals surface area contributed by atoms with Gasteiger partial charge in [0.1, 0.15) is 11.7 Å². The van der Waals surface area contributed by atoms with Crippen LogP contribution in [0.25, 0.3) is 0 Å². The third-order valence-electron chi connectivity index (χ3n) is 5.72. The van der Waals surface area contributed by atoms with Gasteiger partial charge in [0.15, 0.2) is 10.8 Å². The Morgan fingerprint density at radius 2 is 1.93 bits per heavy atom. The standard InChI is InChI=1S/C22H25N3O2S/c1-13-10-11-17-15(12-13)19-18(20(26)24(4)5)22(3,27-17)25(21(28)23-19)16-9-7-6-8-14(16)2/h6-12,18-19H,1-5H3,(H,23,28). The molecule has 1 saturated heterocycles. The van der Waals surface area contributed by atoms with E-state index in [4.69, 9.17) is 17.0 Å². The Labute approximate surface area is 171 Å². The molecule has 0 spiro atoms. The highest BCUT2D eigenvalue weighted by Gasteiger charge is 2.59. The lowest BCUT2D eigenvalue weighted by atomic mass is 9.78. The predicted octanol–water partition coefficient (Wildman–Crippen LogP) is 3.55. The first kappa shape index (κ1) is 18.7. The molecule has 3 atom stereocenters. The second-order valence-electron chi connectivity index (χ2n) is 7.96. The summed E-state index contributed by atoms with van der Waals surface area (Å²) in [7, 11) is 3.56. The zero-order valence-corrected chi connectivity index (χ0v) is 17.6. The summed E-state index contributed by atoms with van der Waals surface area (Å²) >= 11 is 5.77. The van der Waals surface area contributed by atoms with Crippen LogP contribution in [0.1, 0.15) is 29.7 Å². The minimum absolute atomic E-state index is 0.00763. The third kappa shape index (κ3) is 2.66. The fraction of sp³-hybridized carbons (Fsp3) is 0.364. The monoisotopic (exact) mass is 395 g/mol. The topological polar surface area (TPSA) is 44.8 Å². The molecule has 2 aromatic carbocycles. The van der Waals surface area contributed by atoms with Crippen molar-refractivity contribution in [2.24, 2.45) is 5.92 Å². The van der Waals surface area contributed by atoms with Crippen molar-refractivity contribution in [2.75, 3.05) is 19.0 Å². The molecule has 2 heterocycles. The largest absolute Gasteiger partial charge is 0.467 e. The van der Waals surface area contributed by atoms with E-state index in [2.05, 4.69) is 11.4 Å². The van der Waals surface area contributed by atoms with Gasteiger partial charge >= 0.3 is 0 Å². The Kier molecular flexibility index (Phi) is 4.34. The van der Waals surface area contributed by atoms with Crippen molar-refractivity contribution in [2.45, 2.75) is 32.5 Å². The van der Waals surface area contributed by atoms with Gasteiger partial charge in [-0.3, -0.25) is 9.69 Å². The van der Waals surface area contributed by atoms with Crippen molar-refractivity contribution in [3.63, 3.8) is 0 Å². The van der Waals surface area contributed by atoms with Gasteiger partial charge in [0.2, 0.25) is 5.91 Å². The van der Waals surface area contributed by atoms with E-state index >= 15 is 0 Å². The summed E-state index contributed by atoms with van der Waals surface area (Å²) in [6.07, 6.45) is 0. The number of hydrogen-bond acceptors (Lipinski definition) is 3. The number of benzene rings is 2. The van der Waals surface area contributed by atoms with Gasteiger partial charge in [0.05, 0.1) is 6.04 Å². The van der Waals surface area contributed by atoms with Gasteiger partial charge in [-0.05, 0) is 50.7 Å². The number of amides is 1. The van der Waals surface area contributed by atoms with Crippen LogP contribution >= 0.6 is 12.2 Å². The van der Waals surface area contributed by atoms with Gasteiger partial charge in [-0.15, -0.1) is 0 Å². The molecular weight excluding hydrogens is 370 g/mol. The maximum absolute atomic E-state index is 13.3. The molecule has 2 bridgehead atoms. The van der Waals surface area contributed by atoms with Crippen LogP contribution in [0, 0.1) is 19.8 Å². The van der Waals surface area contributed by atoms with Crippen molar-refractivity contribution in [1.82, 2.24) is 10.2 Å². The number of nitrogens with one attached hydrogen (secondary N) is 1. The lowest BCUT2D eigenvalue weighted by molar-refractivity contribution is -0.144. The first-order valence-corrected chi connectivity index (χ1v) is 9.82. The SMILES string of the molecule is Cc1ccc2c(c1)C1NC(=S)N(c3ccccc3C)C(C)(O2)C1C(=O)N(C)C. The summed E-state index contributed by atoms with van der Waals surface area (Å²) in [5.74, 6) is 0.339. The van der Waals surface area contributed by atoms with Crippen LogP contribution in [0.4, 0.5) is 5.69 Å². The molecule has 0 aromatic heterocycles. The van der Waals surface area contributed by atoms with E-state index in [1.807, 2.05) is 62.1 Å². The van der Waals surface area contributed by atoms with Crippen LogP contribution in [0.2, 0.25) is 0 Å². The predicted molar refractivity (Wildman–Crippen MR) is 115 cm³/mol. The molecule has 1 fully saturated rings. The Bertz CT molecular complexity index is 974. The Balaban J connectivity index is 1.95. The number of nitrogens with zero attached hydrogens (tertiary/aromatic N) is 2. The van der Waals surface area contributed by atoms with Gasteiger partial charge in [-0.1, -0.05) is 35.9 Å². The highest BCUT2D eigenvalue weighted by atomic mass is 32.1. The second kappa shape index (κ2) is 6.48. The average molecular weight is 396 g/mol. The molecule has 5 nitrogen and oxygen atoms in total. The zero-order valence-electron chi connectivity index (χ0n) is 16.8. The minimum Gasteiger partial charge on any atom is -0.467 e.